The molecule has 8 heteroatoms. The van der Waals surface area contributed by atoms with Crippen LogP contribution in [0.2, 0.25) is 0 Å². The van der Waals surface area contributed by atoms with Crippen LogP contribution in [0.1, 0.15) is 168 Å². The second kappa shape index (κ2) is 28.9. The summed E-state index contributed by atoms with van der Waals surface area (Å²) in [5.41, 5.74) is 0. The molecule has 0 saturated carbocycles. The minimum Gasteiger partial charge on any atom is -0.392 e. The zero-order valence-corrected chi connectivity index (χ0v) is 30.6. The standard InChI is InChI=1S/C36H76N2O5S/c1-5-7-9-11-13-15-17-19-21-23-27-35(39)33-37(29-25-30-38(3,4)31-26-32-44(41,42)43)34-36(40)28-24-22-20-18-16-14-12-10-8-6-2/h35-36,39-40H,5-34H2,1-4H3/p+1. The fourth-order valence-electron chi connectivity index (χ4n) is 6.28. The lowest BCUT2D eigenvalue weighted by molar-refractivity contribution is -0.890. The molecule has 2 atom stereocenters. The average molecular weight is 650 g/mol. The van der Waals surface area contributed by atoms with E-state index < -0.39 is 10.1 Å². The van der Waals surface area contributed by atoms with Gasteiger partial charge in [-0.25, -0.2) is 0 Å². The second-order valence-electron chi connectivity index (χ2n) is 14.4. The molecule has 7 nitrogen and oxygen atoms in total. The van der Waals surface area contributed by atoms with Crippen molar-refractivity contribution >= 4 is 10.1 Å². The van der Waals surface area contributed by atoms with E-state index in [-0.39, 0.29) is 18.0 Å². The Kier molecular flexibility index (Phi) is 28.8. The number of rotatable bonds is 34. The van der Waals surface area contributed by atoms with Crippen molar-refractivity contribution in [3.05, 3.63) is 0 Å². The fourth-order valence-corrected chi connectivity index (χ4v) is 6.77. The molecule has 0 aliphatic carbocycles. The first-order valence-electron chi connectivity index (χ1n) is 18.8. The van der Waals surface area contributed by atoms with Gasteiger partial charge < -0.3 is 14.7 Å². The first kappa shape index (κ1) is 43.8. The molecule has 0 spiro atoms. The summed E-state index contributed by atoms with van der Waals surface area (Å²) in [6, 6.07) is 0. The fraction of sp³-hybridized carbons (Fsp3) is 1.00. The van der Waals surface area contributed by atoms with Crippen molar-refractivity contribution < 1.29 is 27.7 Å². The number of aliphatic hydroxyl groups excluding tert-OH is 2. The van der Waals surface area contributed by atoms with Crippen molar-refractivity contribution in [2.24, 2.45) is 0 Å². The Hall–Kier alpha value is -0.250. The van der Waals surface area contributed by atoms with Crippen LogP contribution in [0.15, 0.2) is 0 Å². The highest BCUT2D eigenvalue weighted by molar-refractivity contribution is 7.85. The van der Waals surface area contributed by atoms with E-state index in [1.165, 1.54) is 116 Å². The summed E-state index contributed by atoms with van der Waals surface area (Å²) < 4.78 is 31.9. The van der Waals surface area contributed by atoms with Gasteiger partial charge >= 0.3 is 0 Å². The monoisotopic (exact) mass is 650 g/mol. The molecule has 0 bridgehead atoms. The van der Waals surface area contributed by atoms with Crippen LogP contribution in [-0.4, -0.2) is 97.3 Å². The van der Waals surface area contributed by atoms with E-state index in [9.17, 15) is 18.6 Å². The van der Waals surface area contributed by atoms with Gasteiger partial charge in [0.05, 0.1) is 45.1 Å². The van der Waals surface area contributed by atoms with Gasteiger partial charge in [-0.05, 0) is 12.8 Å². The molecule has 2 unspecified atom stereocenters. The van der Waals surface area contributed by atoms with Crippen LogP contribution in [0, 0.1) is 0 Å². The zero-order chi connectivity index (χ0) is 32.9. The second-order valence-corrected chi connectivity index (χ2v) is 16.0. The van der Waals surface area contributed by atoms with Crippen LogP contribution in [0.25, 0.3) is 0 Å². The molecular weight excluding hydrogens is 572 g/mol. The molecule has 0 rings (SSSR count). The number of quaternary nitrogens is 1. The van der Waals surface area contributed by atoms with Gasteiger partial charge in [-0.15, -0.1) is 0 Å². The molecule has 0 fully saturated rings. The third-order valence-electron chi connectivity index (χ3n) is 9.12. The van der Waals surface area contributed by atoms with Gasteiger partial charge in [0.1, 0.15) is 0 Å². The Balaban J connectivity index is 4.48. The van der Waals surface area contributed by atoms with Crippen molar-refractivity contribution in [3.8, 4) is 0 Å². The van der Waals surface area contributed by atoms with Crippen molar-refractivity contribution in [1.29, 1.82) is 0 Å². The molecule has 0 aromatic rings. The lowest BCUT2D eigenvalue weighted by Crippen LogP contribution is -2.44. The zero-order valence-electron chi connectivity index (χ0n) is 29.8. The van der Waals surface area contributed by atoms with Gasteiger partial charge in [-0.3, -0.25) is 9.45 Å². The topological polar surface area (TPSA) is 98.1 Å². The van der Waals surface area contributed by atoms with E-state index in [0.717, 1.165) is 45.2 Å². The third-order valence-corrected chi connectivity index (χ3v) is 9.93. The molecule has 0 aliphatic heterocycles. The maximum Gasteiger partial charge on any atom is 0.265 e. The van der Waals surface area contributed by atoms with Gasteiger partial charge in [0.15, 0.2) is 0 Å². The van der Waals surface area contributed by atoms with Crippen LogP contribution >= 0.6 is 0 Å². The maximum atomic E-state index is 11.1. The highest BCUT2D eigenvalue weighted by Gasteiger charge is 2.20. The lowest BCUT2D eigenvalue weighted by atomic mass is 10.0. The highest BCUT2D eigenvalue weighted by Crippen LogP contribution is 2.15. The van der Waals surface area contributed by atoms with Gasteiger partial charge in [0.25, 0.3) is 10.1 Å². The van der Waals surface area contributed by atoms with Gasteiger partial charge in [0.2, 0.25) is 0 Å². The molecule has 0 heterocycles. The van der Waals surface area contributed by atoms with Crippen LogP contribution in [-0.2, 0) is 10.1 Å². The summed E-state index contributed by atoms with van der Waals surface area (Å²) in [6.45, 7) is 8.09. The summed E-state index contributed by atoms with van der Waals surface area (Å²) in [5, 5.41) is 21.7. The van der Waals surface area contributed by atoms with Crippen molar-refractivity contribution in [2.75, 3.05) is 52.6 Å². The van der Waals surface area contributed by atoms with E-state index >= 15 is 0 Å². The lowest BCUT2D eigenvalue weighted by Gasteiger charge is -2.32. The van der Waals surface area contributed by atoms with Crippen LogP contribution in [0.3, 0.4) is 0 Å². The predicted molar refractivity (Wildman–Crippen MR) is 189 cm³/mol. The number of nitrogens with zero attached hydrogens (tertiary/aromatic N) is 2. The number of hydrogen-bond acceptors (Lipinski definition) is 5. The molecule has 0 saturated heterocycles. The Labute approximate surface area is 274 Å². The third kappa shape index (κ3) is 31.7. The average Bonchev–Trinajstić information content (AvgIpc) is 2.94. The predicted octanol–water partition coefficient (Wildman–Crippen LogP) is 8.38. The SMILES string of the molecule is CCCCCCCCCCCCC(O)CN(CCC[N+](C)(C)CCCS(=O)(=O)O)CC(O)CCCCCCCCCCCC. The molecule has 0 aromatic carbocycles. The van der Waals surface area contributed by atoms with Crippen LogP contribution in [0.5, 0.6) is 0 Å². The van der Waals surface area contributed by atoms with E-state index in [0.29, 0.717) is 30.5 Å². The number of unbranched alkanes of at least 4 members (excludes halogenated alkanes) is 18. The highest BCUT2D eigenvalue weighted by atomic mass is 32.2. The van der Waals surface area contributed by atoms with E-state index in [1.807, 2.05) is 0 Å². The molecule has 44 heavy (non-hydrogen) atoms. The van der Waals surface area contributed by atoms with Crippen molar-refractivity contribution in [1.82, 2.24) is 4.90 Å². The molecule has 3 N–H and O–H groups in total. The largest absolute Gasteiger partial charge is 0.392 e. The molecule has 266 valence electrons. The Bertz CT molecular complexity index is 687. The maximum absolute atomic E-state index is 11.1. The molecule has 0 amide bonds. The Morgan fingerprint density at radius 1 is 0.545 bits per heavy atom. The normalized spacial score (nSPS) is 14.0. The summed E-state index contributed by atoms with van der Waals surface area (Å²) >= 11 is 0. The summed E-state index contributed by atoms with van der Waals surface area (Å²) in [5.74, 6) is -0.197. The van der Waals surface area contributed by atoms with Gasteiger partial charge in [-0.1, -0.05) is 142 Å². The quantitative estimate of drug-likeness (QED) is 0.0368. The van der Waals surface area contributed by atoms with Gasteiger partial charge in [-0.2, -0.15) is 8.42 Å². The first-order chi connectivity index (χ1) is 21.0. The number of hydrogen-bond donors (Lipinski definition) is 3. The Morgan fingerprint density at radius 2 is 0.886 bits per heavy atom. The molecule has 0 aromatic heterocycles. The Morgan fingerprint density at radius 3 is 1.25 bits per heavy atom. The number of aliphatic hydroxyl groups is 2. The minimum atomic E-state index is -3.92. The molecule has 0 aliphatic rings. The van der Waals surface area contributed by atoms with Crippen molar-refractivity contribution in [3.63, 3.8) is 0 Å². The van der Waals surface area contributed by atoms with Crippen LogP contribution in [0.4, 0.5) is 0 Å². The summed E-state index contributed by atoms with van der Waals surface area (Å²) in [4.78, 5) is 2.25. The smallest absolute Gasteiger partial charge is 0.265 e. The van der Waals surface area contributed by atoms with E-state index in [4.69, 9.17) is 4.55 Å². The van der Waals surface area contributed by atoms with Crippen LogP contribution < -0.4 is 0 Å². The van der Waals surface area contributed by atoms with Gasteiger partial charge in [0, 0.05) is 32.5 Å². The minimum absolute atomic E-state index is 0.197. The summed E-state index contributed by atoms with van der Waals surface area (Å²) in [6.07, 6.45) is 28.0. The molecular formula is C36H77N2O5S+. The van der Waals surface area contributed by atoms with Crippen molar-refractivity contribution in [2.45, 2.75) is 180 Å². The summed E-state index contributed by atoms with van der Waals surface area (Å²) in [7, 11) is 0.264. The van der Waals surface area contributed by atoms with E-state index in [1.54, 1.807) is 0 Å². The van der Waals surface area contributed by atoms with E-state index in [2.05, 4.69) is 32.8 Å². The molecule has 0 radical (unpaired) electrons. The first-order valence-corrected chi connectivity index (χ1v) is 20.5.